The van der Waals surface area contributed by atoms with Gasteiger partial charge in [0.25, 0.3) is 0 Å². The number of nitrogens with two attached hydrogens (primary N) is 1. The van der Waals surface area contributed by atoms with E-state index in [-0.39, 0.29) is 18.2 Å². The molecule has 1 aromatic carbocycles. The molecule has 6 nitrogen and oxygen atoms in total. The molecule has 0 aromatic heterocycles. The molecule has 0 radical (unpaired) electrons. The van der Waals surface area contributed by atoms with E-state index in [1.165, 1.54) is 0 Å². The van der Waals surface area contributed by atoms with Crippen molar-refractivity contribution in [1.82, 2.24) is 5.32 Å². The minimum absolute atomic E-state index is 0.0982. The molecule has 1 fully saturated rings. The van der Waals surface area contributed by atoms with Gasteiger partial charge in [-0.1, -0.05) is 0 Å². The Morgan fingerprint density at radius 2 is 1.91 bits per heavy atom. The highest BCUT2D eigenvalue weighted by Crippen LogP contribution is 2.27. The Hall–Kier alpha value is -2.02. The van der Waals surface area contributed by atoms with Gasteiger partial charge in [-0.3, -0.25) is 14.4 Å². The molecule has 1 heterocycles. The van der Waals surface area contributed by atoms with Gasteiger partial charge in [-0.25, -0.2) is 0 Å². The molecule has 0 saturated carbocycles. The first-order chi connectivity index (χ1) is 10.7. The molecule has 1 aliphatic heterocycles. The fraction of sp³-hybridized carbons (Fsp3) is 0.438. The molecule has 23 heavy (non-hydrogen) atoms. The lowest BCUT2D eigenvalue weighted by Gasteiger charge is -2.24. The van der Waals surface area contributed by atoms with E-state index in [9.17, 15) is 14.4 Å². The average molecular weight is 335 g/mol. The van der Waals surface area contributed by atoms with Gasteiger partial charge >= 0.3 is 0 Å². The zero-order valence-corrected chi connectivity index (χ0v) is 14.3. The van der Waals surface area contributed by atoms with Crippen LogP contribution in [0.4, 0.5) is 5.69 Å². The summed E-state index contributed by atoms with van der Waals surface area (Å²) < 4.78 is 0. The Morgan fingerprint density at radius 3 is 2.43 bits per heavy atom. The zero-order valence-electron chi connectivity index (χ0n) is 13.5. The van der Waals surface area contributed by atoms with Gasteiger partial charge in [0, 0.05) is 23.5 Å². The average Bonchev–Trinajstić information content (AvgIpc) is 2.89. The molecule has 124 valence electrons. The second-order valence-electron chi connectivity index (χ2n) is 6.08. The highest BCUT2D eigenvalue weighted by atomic mass is 32.2. The standard InChI is InChI=1S/C16H21N3O3S/c1-16(2,15(17)22)18-14(21)10-8-13(20)19(9-10)11-4-6-12(23-3)7-5-11/h4-7,10H,8-9H2,1-3H3,(H2,17,22)(H,18,21)/t10-/m0/s1. The third-order valence-corrected chi connectivity index (χ3v) is 4.68. The zero-order chi connectivity index (χ0) is 17.2. The maximum Gasteiger partial charge on any atom is 0.242 e. The van der Waals surface area contributed by atoms with E-state index in [0.717, 1.165) is 10.6 Å². The van der Waals surface area contributed by atoms with Crippen molar-refractivity contribution < 1.29 is 14.4 Å². The van der Waals surface area contributed by atoms with Gasteiger partial charge < -0.3 is 16.0 Å². The summed E-state index contributed by atoms with van der Waals surface area (Å²) in [6.07, 6.45) is 2.11. The van der Waals surface area contributed by atoms with Crippen molar-refractivity contribution in [2.45, 2.75) is 30.7 Å². The first-order valence-corrected chi connectivity index (χ1v) is 8.53. The normalized spacial score (nSPS) is 18.1. The smallest absolute Gasteiger partial charge is 0.242 e. The van der Waals surface area contributed by atoms with E-state index in [1.54, 1.807) is 30.5 Å². The number of benzene rings is 1. The Bertz CT molecular complexity index is 628. The number of amides is 3. The monoisotopic (exact) mass is 335 g/mol. The summed E-state index contributed by atoms with van der Waals surface area (Å²) in [6.45, 7) is 3.39. The second kappa shape index (κ2) is 6.62. The molecule has 2 rings (SSSR count). The van der Waals surface area contributed by atoms with Gasteiger partial charge in [0.05, 0.1) is 5.92 Å². The van der Waals surface area contributed by atoms with Crippen LogP contribution in [0.15, 0.2) is 29.2 Å². The number of nitrogens with zero attached hydrogens (tertiary/aromatic N) is 1. The van der Waals surface area contributed by atoms with Crippen molar-refractivity contribution in [1.29, 1.82) is 0 Å². The lowest BCUT2D eigenvalue weighted by atomic mass is 10.0. The Kier molecular flexibility index (Phi) is 4.99. The maximum atomic E-state index is 12.3. The first kappa shape index (κ1) is 17.3. The van der Waals surface area contributed by atoms with E-state index in [4.69, 9.17) is 5.73 Å². The Balaban J connectivity index is 2.07. The molecule has 0 spiro atoms. The summed E-state index contributed by atoms with van der Waals surface area (Å²) in [5.74, 6) is -1.52. The molecule has 1 atom stereocenters. The molecular formula is C16H21N3O3S. The van der Waals surface area contributed by atoms with Gasteiger partial charge in [-0.15, -0.1) is 11.8 Å². The summed E-state index contributed by atoms with van der Waals surface area (Å²) in [7, 11) is 0. The number of primary amides is 1. The number of thioether (sulfide) groups is 1. The van der Waals surface area contributed by atoms with E-state index < -0.39 is 17.4 Å². The number of hydrogen-bond acceptors (Lipinski definition) is 4. The topological polar surface area (TPSA) is 92.5 Å². The minimum atomic E-state index is -1.13. The Labute approximate surface area is 139 Å². The molecular weight excluding hydrogens is 314 g/mol. The van der Waals surface area contributed by atoms with E-state index in [0.29, 0.717) is 6.54 Å². The van der Waals surface area contributed by atoms with Gasteiger partial charge in [0.2, 0.25) is 17.7 Å². The second-order valence-corrected chi connectivity index (χ2v) is 6.96. The number of carbonyl (C=O) groups excluding carboxylic acids is 3. The van der Waals surface area contributed by atoms with Crippen LogP contribution in [0, 0.1) is 5.92 Å². The number of nitrogens with one attached hydrogen (secondary N) is 1. The molecule has 3 amide bonds. The first-order valence-electron chi connectivity index (χ1n) is 7.31. The fourth-order valence-corrected chi connectivity index (χ4v) is 2.77. The van der Waals surface area contributed by atoms with E-state index in [1.807, 2.05) is 30.5 Å². The SMILES string of the molecule is CSc1ccc(N2C[C@@H](C(=O)NC(C)(C)C(N)=O)CC2=O)cc1. The van der Waals surface area contributed by atoms with Crippen LogP contribution in [0.3, 0.4) is 0 Å². The molecule has 1 aromatic rings. The largest absolute Gasteiger partial charge is 0.368 e. The number of rotatable bonds is 5. The van der Waals surface area contributed by atoms with Crippen LogP contribution in [-0.2, 0) is 14.4 Å². The van der Waals surface area contributed by atoms with Gasteiger partial charge in [-0.05, 0) is 44.4 Å². The minimum Gasteiger partial charge on any atom is -0.368 e. The fourth-order valence-electron chi connectivity index (χ4n) is 2.37. The number of carbonyl (C=O) groups is 3. The summed E-state index contributed by atoms with van der Waals surface area (Å²) >= 11 is 1.62. The van der Waals surface area contributed by atoms with Crippen LogP contribution >= 0.6 is 11.8 Å². The summed E-state index contributed by atoms with van der Waals surface area (Å²) in [6, 6.07) is 7.63. The van der Waals surface area contributed by atoms with Crippen LogP contribution in [0.25, 0.3) is 0 Å². The van der Waals surface area contributed by atoms with Crippen LogP contribution in [0.1, 0.15) is 20.3 Å². The van der Waals surface area contributed by atoms with Crippen LogP contribution < -0.4 is 16.0 Å². The molecule has 0 bridgehead atoms. The predicted molar refractivity (Wildman–Crippen MR) is 90.1 cm³/mol. The molecule has 0 aliphatic carbocycles. The van der Waals surface area contributed by atoms with Crippen molar-refractivity contribution >= 4 is 35.2 Å². The third-order valence-electron chi connectivity index (χ3n) is 3.93. The van der Waals surface area contributed by atoms with Crippen LogP contribution in [0.2, 0.25) is 0 Å². The molecule has 3 N–H and O–H groups in total. The van der Waals surface area contributed by atoms with Gasteiger partial charge in [-0.2, -0.15) is 0 Å². The van der Waals surface area contributed by atoms with Crippen molar-refractivity contribution in [2.75, 3.05) is 17.7 Å². The molecule has 7 heteroatoms. The van der Waals surface area contributed by atoms with Crippen molar-refractivity contribution in [3.8, 4) is 0 Å². The van der Waals surface area contributed by atoms with E-state index >= 15 is 0 Å². The van der Waals surface area contributed by atoms with Gasteiger partial charge in [0.1, 0.15) is 5.54 Å². The van der Waals surface area contributed by atoms with Crippen LogP contribution in [-0.4, -0.2) is 36.1 Å². The lowest BCUT2D eigenvalue weighted by molar-refractivity contribution is -0.132. The highest BCUT2D eigenvalue weighted by molar-refractivity contribution is 7.98. The summed E-state index contributed by atoms with van der Waals surface area (Å²) in [5.41, 5.74) is 4.90. The maximum absolute atomic E-state index is 12.3. The van der Waals surface area contributed by atoms with Crippen molar-refractivity contribution in [3.63, 3.8) is 0 Å². The Morgan fingerprint density at radius 1 is 1.30 bits per heavy atom. The predicted octanol–water partition coefficient (Wildman–Crippen LogP) is 1.14. The molecule has 1 saturated heterocycles. The summed E-state index contributed by atoms with van der Waals surface area (Å²) in [4.78, 5) is 38.5. The number of hydrogen-bond donors (Lipinski definition) is 2. The highest BCUT2D eigenvalue weighted by Gasteiger charge is 2.38. The van der Waals surface area contributed by atoms with Crippen molar-refractivity contribution in [2.24, 2.45) is 11.7 Å². The third kappa shape index (κ3) is 3.85. The molecule has 0 unspecified atom stereocenters. The van der Waals surface area contributed by atoms with Gasteiger partial charge in [0.15, 0.2) is 0 Å². The molecule has 1 aliphatic rings. The lowest BCUT2D eigenvalue weighted by Crippen LogP contribution is -2.54. The van der Waals surface area contributed by atoms with E-state index in [2.05, 4.69) is 5.32 Å². The quantitative estimate of drug-likeness (QED) is 0.789. The van der Waals surface area contributed by atoms with Crippen molar-refractivity contribution in [3.05, 3.63) is 24.3 Å². The summed E-state index contributed by atoms with van der Waals surface area (Å²) in [5, 5.41) is 2.61. The van der Waals surface area contributed by atoms with Crippen LogP contribution in [0.5, 0.6) is 0 Å². The number of anilines is 1.